The molecule has 0 spiro atoms. The molecule has 2 nitrogen and oxygen atoms in total. The van der Waals surface area contributed by atoms with E-state index in [1.165, 1.54) is 10.5 Å². The van der Waals surface area contributed by atoms with Crippen molar-refractivity contribution in [2.24, 2.45) is 0 Å². The van der Waals surface area contributed by atoms with Crippen LogP contribution in [0.4, 0.5) is 0 Å². The Bertz CT molecular complexity index is 510. The third kappa shape index (κ3) is 4.02. The molecule has 0 amide bonds. The van der Waals surface area contributed by atoms with Crippen molar-refractivity contribution in [1.29, 1.82) is 5.26 Å². The molecule has 0 heterocycles. The monoisotopic (exact) mass is 302 g/mol. The quantitative estimate of drug-likeness (QED) is 0.889. The zero-order valence-electron chi connectivity index (χ0n) is 13.6. The van der Waals surface area contributed by atoms with Crippen molar-refractivity contribution >= 4 is 11.8 Å². The summed E-state index contributed by atoms with van der Waals surface area (Å²) < 4.78 is 0. The van der Waals surface area contributed by atoms with E-state index < -0.39 is 0 Å². The first-order valence-corrected chi connectivity index (χ1v) is 8.70. The molecule has 0 aliphatic heterocycles. The molecule has 1 aliphatic rings. The predicted octanol–water partition coefficient (Wildman–Crippen LogP) is 4.50. The largest absolute Gasteiger partial charge is 0.300 e. The summed E-state index contributed by atoms with van der Waals surface area (Å²) in [6.45, 7) is 9.66. The summed E-state index contributed by atoms with van der Waals surface area (Å²) in [6, 6.07) is 11.4. The fourth-order valence-corrected chi connectivity index (χ4v) is 4.25. The molecule has 3 heteroatoms. The summed E-state index contributed by atoms with van der Waals surface area (Å²) in [5.74, 6) is 0. The first kappa shape index (κ1) is 16.4. The van der Waals surface area contributed by atoms with E-state index in [2.05, 4.69) is 63.3 Å². The van der Waals surface area contributed by atoms with Gasteiger partial charge in [0.1, 0.15) is 5.54 Å². The van der Waals surface area contributed by atoms with Crippen LogP contribution in [0.25, 0.3) is 0 Å². The molecule has 0 radical (unpaired) electrons. The minimum atomic E-state index is -0.294. The van der Waals surface area contributed by atoms with E-state index in [1.807, 2.05) is 11.8 Å². The Morgan fingerprint density at radius 2 is 2.00 bits per heavy atom. The van der Waals surface area contributed by atoms with Gasteiger partial charge in [0.25, 0.3) is 0 Å². The van der Waals surface area contributed by atoms with Crippen LogP contribution in [0.15, 0.2) is 29.2 Å². The summed E-state index contributed by atoms with van der Waals surface area (Å²) in [4.78, 5) is 1.32. The molecule has 21 heavy (non-hydrogen) atoms. The van der Waals surface area contributed by atoms with Crippen molar-refractivity contribution in [3.63, 3.8) is 0 Å². The van der Waals surface area contributed by atoms with Gasteiger partial charge in [0.05, 0.1) is 6.07 Å². The Kier molecular flexibility index (Phi) is 5.01. The Balaban J connectivity index is 1.99. The zero-order chi connectivity index (χ0) is 15.5. The van der Waals surface area contributed by atoms with E-state index in [1.54, 1.807) is 0 Å². The van der Waals surface area contributed by atoms with E-state index in [0.717, 1.165) is 25.8 Å². The van der Waals surface area contributed by atoms with Gasteiger partial charge in [-0.05, 0) is 48.9 Å². The number of hydrogen-bond donors (Lipinski definition) is 1. The number of nitrogens with zero attached hydrogens (tertiary/aromatic N) is 1. The number of thioether (sulfide) groups is 1. The molecule has 1 aliphatic carbocycles. The highest BCUT2D eigenvalue weighted by atomic mass is 32.2. The maximum atomic E-state index is 9.44. The summed E-state index contributed by atoms with van der Waals surface area (Å²) in [7, 11) is 0. The normalized spacial score (nSPS) is 25.8. The van der Waals surface area contributed by atoms with Crippen molar-refractivity contribution in [3.05, 3.63) is 29.8 Å². The van der Waals surface area contributed by atoms with Gasteiger partial charge in [-0.1, -0.05) is 39.8 Å². The number of benzene rings is 1. The molecule has 0 aromatic heterocycles. The van der Waals surface area contributed by atoms with Crippen LogP contribution in [0.1, 0.15) is 52.5 Å². The molecular weight excluding hydrogens is 276 g/mol. The summed E-state index contributed by atoms with van der Waals surface area (Å²) in [5.41, 5.74) is 1.28. The third-order valence-electron chi connectivity index (χ3n) is 4.22. The van der Waals surface area contributed by atoms with Gasteiger partial charge in [-0.3, -0.25) is 5.32 Å². The van der Waals surface area contributed by atoms with Gasteiger partial charge in [-0.15, -0.1) is 11.8 Å². The lowest BCUT2D eigenvalue weighted by Crippen LogP contribution is -2.41. The zero-order valence-corrected chi connectivity index (χ0v) is 14.4. The van der Waals surface area contributed by atoms with Gasteiger partial charge >= 0.3 is 0 Å². The van der Waals surface area contributed by atoms with Crippen LogP contribution in [0.3, 0.4) is 0 Å². The summed E-state index contributed by atoms with van der Waals surface area (Å²) in [5, 5.41) is 13.4. The molecule has 1 fully saturated rings. The van der Waals surface area contributed by atoms with Crippen molar-refractivity contribution in [3.8, 4) is 6.07 Å². The van der Waals surface area contributed by atoms with Crippen LogP contribution in [-0.4, -0.2) is 17.3 Å². The highest BCUT2D eigenvalue weighted by molar-refractivity contribution is 8.00. The van der Waals surface area contributed by atoms with E-state index in [-0.39, 0.29) is 11.0 Å². The lowest BCUT2D eigenvalue weighted by atomic mass is 9.87. The summed E-state index contributed by atoms with van der Waals surface area (Å²) in [6.07, 6.45) is 3.03. The molecule has 114 valence electrons. The van der Waals surface area contributed by atoms with Gasteiger partial charge in [0.15, 0.2) is 0 Å². The van der Waals surface area contributed by atoms with Crippen molar-refractivity contribution in [2.75, 3.05) is 6.54 Å². The van der Waals surface area contributed by atoms with Crippen LogP contribution >= 0.6 is 11.8 Å². The maximum absolute atomic E-state index is 9.44. The number of nitrogens with one attached hydrogen (secondary N) is 1. The van der Waals surface area contributed by atoms with Crippen LogP contribution in [0.2, 0.25) is 0 Å². The fraction of sp³-hybridized carbons (Fsp3) is 0.611. The lowest BCUT2D eigenvalue weighted by Gasteiger charge is -2.22. The van der Waals surface area contributed by atoms with E-state index in [0.29, 0.717) is 5.25 Å². The first-order valence-electron chi connectivity index (χ1n) is 7.82. The molecule has 1 saturated carbocycles. The van der Waals surface area contributed by atoms with Gasteiger partial charge in [-0.2, -0.15) is 5.26 Å². The molecule has 2 unspecified atom stereocenters. The Labute approximate surface area is 133 Å². The van der Waals surface area contributed by atoms with Gasteiger partial charge in [0, 0.05) is 10.1 Å². The SMILES string of the molecule is CCNC1(C#N)CCC(Sc2ccc(C(C)(C)C)cc2)C1. The Hall–Kier alpha value is -0.980. The van der Waals surface area contributed by atoms with Crippen molar-refractivity contribution in [1.82, 2.24) is 5.32 Å². The molecule has 0 saturated heterocycles. The van der Waals surface area contributed by atoms with Gasteiger partial charge in [0.2, 0.25) is 0 Å². The van der Waals surface area contributed by atoms with Crippen molar-refractivity contribution in [2.45, 2.75) is 68.1 Å². The van der Waals surface area contributed by atoms with Crippen LogP contribution in [-0.2, 0) is 5.41 Å². The van der Waals surface area contributed by atoms with Gasteiger partial charge < -0.3 is 0 Å². The first-order chi connectivity index (χ1) is 9.88. The molecule has 1 aromatic carbocycles. The molecule has 0 bridgehead atoms. The minimum Gasteiger partial charge on any atom is -0.300 e. The molecule has 2 rings (SSSR count). The Morgan fingerprint density at radius 3 is 2.52 bits per heavy atom. The second-order valence-electron chi connectivity index (χ2n) is 6.98. The van der Waals surface area contributed by atoms with Crippen LogP contribution in [0, 0.1) is 11.3 Å². The van der Waals surface area contributed by atoms with Crippen LogP contribution < -0.4 is 5.32 Å². The van der Waals surface area contributed by atoms with E-state index in [9.17, 15) is 5.26 Å². The standard InChI is InChI=1S/C18H26N2S/c1-5-20-18(13-19)11-10-16(12-18)21-15-8-6-14(7-9-15)17(2,3)4/h6-9,16,20H,5,10-12H2,1-4H3. The molecule has 1 aromatic rings. The smallest absolute Gasteiger partial charge is 0.107 e. The van der Waals surface area contributed by atoms with E-state index >= 15 is 0 Å². The predicted molar refractivity (Wildman–Crippen MR) is 90.7 cm³/mol. The Morgan fingerprint density at radius 1 is 1.33 bits per heavy atom. The fourth-order valence-electron chi connectivity index (χ4n) is 2.97. The lowest BCUT2D eigenvalue weighted by molar-refractivity contribution is 0.436. The topological polar surface area (TPSA) is 35.8 Å². The average Bonchev–Trinajstić information content (AvgIpc) is 2.82. The van der Waals surface area contributed by atoms with Crippen LogP contribution in [0.5, 0.6) is 0 Å². The third-order valence-corrected chi connectivity index (χ3v) is 5.50. The molecule has 2 atom stereocenters. The number of rotatable bonds is 4. The minimum absolute atomic E-state index is 0.206. The second kappa shape index (κ2) is 6.42. The molecular formula is C18H26N2S. The highest BCUT2D eigenvalue weighted by Crippen LogP contribution is 2.40. The maximum Gasteiger partial charge on any atom is 0.107 e. The summed E-state index contributed by atoms with van der Waals surface area (Å²) >= 11 is 1.92. The van der Waals surface area contributed by atoms with E-state index in [4.69, 9.17) is 0 Å². The molecule has 1 N–H and O–H groups in total. The average molecular weight is 302 g/mol. The number of nitriles is 1. The highest BCUT2D eigenvalue weighted by Gasteiger charge is 2.39. The second-order valence-corrected chi connectivity index (χ2v) is 8.36. The van der Waals surface area contributed by atoms with Crippen molar-refractivity contribution < 1.29 is 0 Å². The van der Waals surface area contributed by atoms with Gasteiger partial charge in [-0.25, -0.2) is 0 Å². The number of hydrogen-bond acceptors (Lipinski definition) is 3.